The zero-order chi connectivity index (χ0) is 10.7. The van der Waals surface area contributed by atoms with Crippen molar-refractivity contribution in [3.8, 4) is 0 Å². The fraction of sp³-hybridized carbons (Fsp3) is 0.100. The number of thiazole rings is 1. The molecule has 2 N–H and O–H groups in total. The second kappa shape index (κ2) is 4.18. The highest BCUT2D eigenvalue weighted by Gasteiger charge is 2.29. The molecule has 2 aromatic heterocycles. The topological polar surface area (TPSA) is 59.9 Å². The van der Waals surface area contributed by atoms with Crippen molar-refractivity contribution in [3.05, 3.63) is 47.2 Å². The van der Waals surface area contributed by atoms with Gasteiger partial charge in [-0.2, -0.15) is 4.57 Å². The van der Waals surface area contributed by atoms with Crippen molar-refractivity contribution in [2.75, 3.05) is 0 Å². The Labute approximate surface area is 91.0 Å². The molecule has 4 nitrogen and oxygen atoms in total. The summed E-state index contributed by atoms with van der Waals surface area (Å²) in [7, 11) is 0. The SMILES string of the molecule is NC(=O)C(c1nccs1)[n+]1ccccc1. The highest BCUT2D eigenvalue weighted by Crippen LogP contribution is 2.14. The van der Waals surface area contributed by atoms with Crippen molar-refractivity contribution in [1.29, 1.82) is 0 Å². The van der Waals surface area contributed by atoms with Gasteiger partial charge in [0.1, 0.15) is 0 Å². The van der Waals surface area contributed by atoms with E-state index in [2.05, 4.69) is 4.98 Å². The standard InChI is InChI=1S/C10H9N3OS/c11-9(14)8(10-12-4-7-15-10)13-5-2-1-3-6-13/h1-8H,(H-,11,14)/p+1. The maximum Gasteiger partial charge on any atom is 0.294 e. The fourth-order valence-electron chi connectivity index (χ4n) is 1.35. The first-order chi connectivity index (χ1) is 7.29. The molecule has 76 valence electrons. The zero-order valence-electron chi connectivity index (χ0n) is 7.91. The van der Waals surface area contributed by atoms with E-state index in [1.807, 2.05) is 23.6 Å². The smallest absolute Gasteiger partial charge is 0.294 e. The second-order valence-corrected chi connectivity index (χ2v) is 3.92. The van der Waals surface area contributed by atoms with Gasteiger partial charge >= 0.3 is 0 Å². The minimum Gasteiger partial charge on any atom is -0.363 e. The first-order valence-corrected chi connectivity index (χ1v) is 5.31. The van der Waals surface area contributed by atoms with E-state index >= 15 is 0 Å². The molecule has 0 spiro atoms. The van der Waals surface area contributed by atoms with Gasteiger partial charge in [-0.1, -0.05) is 6.07 Å². The van der Waals surface area contributed by atoms with Crippen LogP contribution in [0.15, 0.2) is 42.2 Å². The number of rotatable bonds is 3. The van der Waals surface area contributed by atoms with Crippen molar-refractivity contribution in [1.82, 2.24) is 4.98 Å². The van der Waals surface area contributed by atoms with Crippen molar-refractivity contribution in [2.24, 2.45) is 5.73 Å². The zero-order valence-corrected chi connectivity index (χ0v) is 8.72. The lowest BCUT2D eigenvalue weighted by atomic mass is 10.3. The van der Waals surface area contributed by atoms with Crippen molar-refractivity contribution < 1.29 is 9.36 Å². The second-order valence-electron chi connectivity index (χ2n) is 3.00. The Kier molecular flexibility index (Phi) is 2.73. The van der Waals surface area contributed by atoms with Gasteiger partial charge in [-0.15, -0.1) is 11.3 Å². The van der Waals surface area contributed by atoms with E-state index in [1.165, 1.54) is 11.3 Å². The molecule has 0 radical (unpaired) electrons. The molecule has 0 aliphatic rings. The van der Waals surface area contributed by atoms with E-state index in [0.29, 0.717) is 5.01 Å². The van der Waals surface area contributed by atoms with E-state index in [1.54, 1.807) is 23.2 Å². The van der Waals surface area contributed by atoms with Crippen molar-refractivity contribution >= 4 is 17.2 Å². The van der Waals surface area contributed by atoms with Gasteiger partial charge in [0.15, 0.2) is 17.4 Å². The predicted molar refractivity (Wildman–Crippen MR) is 56.1 cm³/mol. The number of nitrogens with zero attached hydrogens (tertiary/aromatic N) is 2. The van der Waals surface area contributed by atoms with Crippen LogP contribution >= 0.6 is 11.3 Å². The molecule has 2 rings (SSSR count). The first kappa shape index (κ1) is 9.79. The number of pyridine rings is 1. The molecule has 2 aromatic rings. The summed E-state index contributed by atoms with van der Waals surface area (Å²) < 4.78 is 1.75. The number of hydrogen-bond acceptors (Lipinski definition) is 3. The summed E-state index contributed by atoms with van der Waals surface area (Å²) in [6.07, 6.45) is 5.27. The highest BCUT2D eigenvalue weighted by atomic mass is 32.1. The Bertz CT molecular complexity index is 441. The summed E-state index contributed by atoms with van der Waals surface area (Å²) in [6, 6.07) is 5.08. The van der Waals surface area contributed by atoms with Crippen LogP contribution in [0.4, 0.5) is 0 Å². The predicted octanol–water partition coefficient (Wildman–Crippen LogP) is 0.505. The Hall–Kier alpha value is -1.75. The fourth-order valence-corrected chi connectivity index (χ4v) is 2.10. The lowest BCUT2D eigenvalue weighted by Crippen LogP contribution is -2.46. The summed E-state index contributed by atoms with van der Waals surface area (Å²) in [4.78, 5) is 15.5. The molecule has 5 heteroatoms. The summed E-state index contributed by atoms with van der Waals surface area (Å²) in [6.45, 7) is 0. The number of aromatic nitrogens is 2. The number of amides is 1. The van der Waals surface area contributed by atoms with E-state index in [4.69, 9.17) is 5.73 Å². The van der Waals surface area contributed by atoms with Crippen LogP contribution in [0.5, 0.6) is 0 Å². The molecule has 0 aromatic carbocycles. The summed E-state index contributed by atoms with van der Waals surface area (Å²) >= 11 is 1.42. The average Bonchev–Trinajstić information content (AvgIpc) is 2.72. The molecule has 1 unspecified atom stereocenters. The molecule has 0 saturated heterocycles. The van der Waals surface area contributed by atoms with Gasteiger partial charge in [0.25, 0.3) is 11.9 Å². The van der Waals surface area contributed by atoms with Crippen LogP contribution < -0.4 is 10.3 Å². The van der Waals surface area contributed by atoms with Gasteiger partial charge in [0.05, 0.1) is 0 Å². The average molecular weight is 220 g/mol. The third kappa shape index (κ3) is 2.02. The first-order valence-electron chi connectivity index (χ1n) is 4.43. The summed E-state index contributed by atoms with van der Waals surface area (Å²) in [5.74, 6) is -0.402. The van der Waals surface area contributed by atoms with Crippen LogP contribution in [0.3, 0.4) is 0 Å². The molecule has 0 saturated carbocycles. The van der Waals surface area contributed by atoms with Gasteiger partial charge in [-0.25, -0.2) is 4.98 Å². The minimum absolute atomic E-state index is 0.402. The Morgan fingerprint density at radius 3 is 2.67 bits per heavy atom. The normalized spacial score (nSPS) is 12.3. The van der Waals surface area contributed by atoms with Crippen molar-refractivity contribution in [2.45, 2.75) is 6.04 Å². The van der Waals surface area contributed by atoms with Crippen LogP contribution in [-0.2, 0) is 4.79 Å². The Balaban J connectivity index is 2.42. The van der Waals surface area contributed by atoms with Gasteiger partial charge in [-0.05, 0) is 0 Å². The lowest BCUT2D eigenvalue weighted by molar-refractivity contribution is -0.700. The van der Waals surface area contributed by atoms with Crippen LogP contribution in [0.2, 0.25) is 0 Å². The molecule has 1 amide bonds. The number of carbonyl (C=O) groups is 1. The molecular weight excluding hydrogens is 210 g/mol. The van der Waals surface area contributed by atoms with Crippen LogP contribution in [-0.4, -0.2) is 10.9 Å². The highest BCUT2D eigenvalue weighted by molar-refractivity contribution is 7.09. The molecule has 0 aliphatic carbocycles. The molecule has 15 heavy (non-hydrogen) atoms. The van der Waals surface area contributed by atoms with E-state index in [-0.39, 0.29) is 0 Å². The van der Waals surface area contributed by atoms with Crippen LogP contribution in [0.1, 0.15) is 11.0 Å². The quantitative estimate of drug-likeness (QED) is 0.766. The minimum atomic E-state index is -0.508. The molecular formula is C10H10N3OS+. The third-order valence-corrected chi connectivity index (χ3v) is 2.82. The molecule has 0 fully saturated rings. The van der Waals surface area contributed by atoms with E-state index < -0.39 is 11.9 Å². The van der Waals surface area contributed by atoms with Crippen LogP contribution in [0, 0.1) is 0 Å². The summed E-state index contributed by atoms with van der Waals surface area (Å²) in [5.41, 5.74) is 5.37. The number of nitrogens with two attached hydrogens (primary N) is 1. The maximum atomic E-state index is 11.4. The van der Waals surface area contributed by atoms with E-state index in [9.17, 15) is 4.79 Å². The van der Waals surface area contributed by atoms with E-state index in [0.717, 1.165) is 0 Å². The Morgan fingerprint density at radius 1 is 1.40 bits per heavy atom. The molecule has 1 atom stereocenters. The number of hydrogen-bond donors (Lipinski definition) is 1. The maximum absolute atomic E-state index is 11.4. The Morgan fingerprint density at radius 2 is 2.13 bits per heavy atom. The monoisotopic (exact) mass is 220 g/mol. The molecule has 0 bridgehead atoms. The lowest BCUT2D eigenvalue weighted by Gasteiger charge is -2.04. The van der Waals surface area contributed by atoms with Gasteiger partial charge in [0.2, 0.25) is 0 Å². The number of primary amides is 1. The van der Waals surface area contributed by atoms with Crippen molar-refractivity contribution in [3.63, 3.8) is 0 Å². The third-order valence-electron chi connectivity index (χ3n) is 1.99. The molecule has 2 heterocycles. The van der Waals surface area contributed by atoms with Gasteiger partial charge in [-0.3, -0.25) is 4.79 Å². The number of carbonyl (C=O) groups excluding carboxylic acids is 1. The van der Waals surface area contributed by atoms with Gasteiger partial charge in [0, 0.05) is 23.7 Å². The largest absolute Gasteiger partial charge is 0.363 e. The summed E-state index contributed by atoms with van der Waals surface area (Å²) in [5, 5.41) is 2.54. The van der Waals surface area contributed by atoms with Gasteiger partial charge < -0.3 is 5.73 Å². The molecule has 0 aliphatic heterocycles. The van der Waals surface area contributed by atoms with Crippen LogP contribution in [0.25, 0.3) is 0 Å².